The molecule has 6 aliphatic rings. The molecule has 0 heterocycles. The first kappa shape index (κ1) is 37.6. The molecule has 9 nitrogen and oxygen atoms in total. The van der Waals surface area contributed by atoms with Crippen molar-refractivity contribution in [3.63, 3.8) is 0 Å². The van der Waals surface area contributed by atoms with Crippen LogP contribution in [0, 0.1) is 0 Å². The fraction of sp³-hybridized carbons (Fsp3) is 1.00. The van der Waals surface area contributed by atoms with E-state index in [1.165, 1.54) is 0 Å². The Hall–Kier alpha value is 1.38. The van der Waals surface area contributed by atoms with Crippen LogP contribution >= 0.6 is 0 Å². The summed E-state index contributed by atoms with van der Waals surface area (Å²) < 4.78 is 65.9. The minimum atomic E-state index is -2.78. The van der Waals surface area contributed by atoms with Gasteiger partial charge in [-0.3, -0.25) is 0 Å². The zero-order valence-electron chi connectivity index (χ0n) is 30.5. The summed E-state index contributed by atoms with van der Waals surface area (Å²) in [6.45, 7) is 33.1. The summed E-state index contributed by atoms with van der Waals surface area (Å²) in [7, 11) is -7.31. The first-order valence-corrected chi connectivity index (χ1v) is 34.6. The Morgan fingerprint density at radius 2 is 0.733 bits per heavy atom. The van der Waals surface area contributed by atoms with Gasteiger partial charge in [0.05, 0.1) is 0 Å². The van der Waals surface area contributed by atoms with E-state index in [2.05, 4.69) is 99.0 Å². The summed E-state index contributed by atoms with van der Waals surface area (Å²) in [5.74, 6) is 0. The summed E-state index contributed by atoms with van der Waals surface area (Å²) in [6, 6.07) is 2.00. The molecule has 0 saturated heterocycles. The lowest BCUT2D eigenvalue weighted by molar-refractivity contribution is -0.836. The van der Waals surface area contributed by atoms with E-state index in [0.717, 1.165) is 24.9 Å². The van der Waals surface area contributed by atoms with Gasteiger partial charge in [-0.1, -0.05) is 26.7 Å². The molecule has 0 aromatic carbocycles. The molecule has 254 valence electrons. The van der Waals surface area contributed by atoms with Gasteiger partial charge in [0.25, 0.3) is 0 Å². The van der Waals surface area contributed by atoms with Crippen LogP contribution in [0.5, 0.6) is 0 Å². The van der Waals surface area contributed by atoms with Crippen molar-refractivity contribution >= 4 is 72.6 Å². The molecular weight excluding hydrogens is 705 g/mol. The second-order valence-corrected chi connectivity index (χ2v) is 34.6. The third-order valence-corrected chi connectivity index (χ3v) is 20.7. The fourth-order valence-electron chi connectivity index (χ4n) is 10.9. The van der Waals surface area contributed by atoms with E-state index in [-0.39, 0.29) is 39.1 Å². The van der Waals surface area contributed by atoms with Crippen molar-refractivity contribution < 1.29 is 39.8 Å². The van der Waals surface area contributed by atoms with Gasteiger partial charge in [-0.05, 0) is 97.2 Å². The molecule has 17 heteroatoms. The van der Waals surface area contributed by atoms with Gasteiger partial charge in [0.2, 0.25) is 39.1 Å². The quantitative estimate of drug-likeness (QED) is 0.147. The Bertz CT molecular complexity index is 1190. The molecule has 0 amide bonds. The van der Waals surface area contributed by atoms with E-state index in [1.54, 1.807) is 7.11 Å². The zero-order chi connectivity index (χ0) is 34.0. The second kappa shape index (κ2) is 10.9. The highest BCUT2D eigenvalue weighted by Crippen LogP contribution is 3.16. The molecule has 45 heavy (non-hydrogen) atoms. The molecule has 8 radical (unpaired) electrons. The Morgan fingerprint density at radius 3 is 0.978 bits per heavy atom. The van der Waals surface area contributed by atoms with Crippen molar-refractivity contribution in [2.24, 2.45) is 0 Å². The van der Waals surface area contributed by atoms with Crippen molar-refractivity contribution in [2.45, 2.75) is 169 Å². The maximum atomic E-state index is 7.85. The molecule has 0 N–H and O–H groups in total. The van der Waals surface area contributed by atoms with Crippen LogP contribution in [-0.4, -0.2) is 124 Å². The molecule has 6 aliphatic carbocycles. The normalized spacial score (nSPS) is 44.0. The maximum absolute atomic E-state index is 7.85. The summed E-state index contributed by atoms with van der Waals surface area (Å²) in [5, 5.41) is 0. The average molecular weight is 761 g/mol. The molecular formula is C28H56O9Si8. The number of hydrogen-bond donors (Lipinski definition) is 0. The molecule has 6 rings (SSSR count). The van der Waals surface area contributed by atoms with Crippen LogP contribution in [0.4, 0.5) is 0 Å². The third-order valence-electron chi connectivity index (χ3n) is 10.9. The number of hydrogen-bond acceptors (Lipinski definition) is 9. The largest absolute Gasteiger partial charge is 0.404 e. The minimum absolute atomic E-state index is 0.165. The zero-order valence-corrected chi connectivity index (χ0v) is 38.5. The Morgan fingerprint density at radius 1 is 0.444 bits per heavy atom. The predicted molar refractivity (Wildman–Crippen MR) is 190 cm³/mol. The lowest BCUT2D eigenvalue weighted by Crippen LogP contribution is -3.53. The van der Waals surface area contributed by atoms with Crippen molar-refractivity contribution in [1.82, 2.24) is 0 Å². The first-order valence-electron chi connectivity index (χ1n) is 16.5. The molecule has 0 bridgehead atoms. The van der Waals surface area contributed by atoms with Gasteiger partial charge < -0.3 is 39.8 Å². The second-order valence-electron chi connectivity index (χ2n) is 15.8. The van der Waals surface area contributed by atoms with Crippen molar-refractivity contribution in [3.05, 3.63) is 0 Å². The smallest absolute Gasteiger partial charge is 0.332 e. The minimum Gasteiger partial charge on any atom is -0.404 e. The monoisotopic (exact) mass is 760 g/mol. The van der Waals surface area contributed by atoms with E-state index >= 15 is 0 Å². The standard InChI is InChI=1S/C28H56O9Si8/c1-17-19-43(11,12)35-26-22(31-39-5)21(30-38-4)24(33-41-7)23(22,32-40-6)27(26,36-44(13,14)20-18-2)28(24,37-45(15,16)29-3)25(21,26)34-42(8,9)10/h17-20H2,1-16H3. The summed E-state index contributed by atoms with van der Waals surface area (Å²) in [4.78, 5) is 0. The van der Waals surface area contributed by atoms with Crippen LogP contribution in [0.25, 0.3) is 0 Å². The molecule has 0 aliphatic heterocycles. The van der Waals surface area contributed by atoms with Gasteiger partial charge in [-0.2, -0.15) is 0 Å². The topological polar surface area (TPSA) is 83.1 Å². The summed E-state index contributed by atoms with van der Waals surface area (Å²) in [5.41, 5.74) is -7.90. The maximum Gasteiger partial charge on any atom is 0.332 e. The Balaban J connectivity index is 1.94. The van der Waals surface area contributed by atoms with E-state index in [9.17, 15) is 0 Å². The van der Waals surface area contributed by atoms with Crippen LogP contribution in [0.15, 0.2) is 0 Å². The van der Waals surface area contributed by atoms with Crippen LogP contribution in [0.2, 0.25) is 97.2 Å². The highest BCUT2D eigenvalue weighted by Gasteiger charge is 3.46. The van der Waals surface area contributed by atoms with Crippen LogP contribution in [0.1, 0.15) is 26.7 Å². The van der Waals surface area contributed by atoms with E-state index in [4.69, 9.17) is 39.8 Å². The van der Waals surface area contributed by atoms with Gasteiger partial charge in [-0.25, -0.2) is 0 Å². The highest BCUT2D eigenvalue weighted by molar-refractivity contribution is 6.72. The fourth-order valence-corrected chi connectivity index (χ4v) is 21.6. The lowest BCUT2D eigenvalue weighted by atomic mass is 8.87. The first-order chi connectivity index (χ1) is 20.8. The van der Waals surface area contributed by atoms with Gasteiger partial charge in [0, 0.05) is 7.11 Å². The Labute approximate surface area is 287 Å². The molecule has 0 aromatic rings. The van der Waals surface area contributed by atoms with Gasteiger partial charge in [0.15, 0.2) is 69.8 Å². The van der Waals surface area contributed by atoms with E-state index in [1.807, 2.05) is 0 Å². The lowest BCUT2D eigenvalue weighted by Gasteiger charge is -3.24. The molecule has 8 unspecified atom stereocenters. The molecule has 6 fully saturated rings. The Kier molecular flexibility index (Phi) is 9.15. The van der Waals surface area contributed by atoms with Gasteiger partial charge in [-0.15, -0.1) is 0 Å². The average Bonchev–Trinajstić information content (AvgIpc) is 2.90. The van der Waals surface area contributed by atoms with Crippen LogP contribution in [0.3, 0.4) is 0 Å². The molecule has 0 aromatic heterocycles. The SMILES string of the molecule is CCC[Si](C)(C)OC12C3(O[Si]C)C4(O[Si]C)C5(O[Si]C)C3(O[Si]C)C1(O[Si](C)(C)CCC)C5(O[Si](C)(C)OC)C42O[Si](C)(C)C. The van der Waals surface area contributed by atoms with Crippen molar-refractivity contribution in [3.8, 4) is 0 Å². The van der Waals surface area contributed by atoms with Gasteiger partial charge in [0.1, 0.15) is 0 Å². The predicted octanol–water partition coefficient (Wildman–Crippen LogP) is 5.18. The van der Waals surface area contributed by atoms with Crippen LogP contribution in [-0.2, 0) is 39.8 Å². The summed E-state index contributed by atoms with van der Waals surface area (Å²) >= 11 is 0. The van der Waals surface area contributed by atoms with E-state index < -0.39 is 78.3 Å². The van der Waals surface area contributed by atoms with Crippen LogP contribution < -0.4 is 0 Å². The third kappa shape index (κ3) is 3.32. The molecule has 0 spiro atoms. The summed E-state index contributed by atoms with van der Waals surface area (Å²) in [6.07, 6.45) is 2.07. The van der Waals surface area contributed by atoms with Crippen molar-refractivity contribution in [2.75, 3.05) is 7.11 Å². The van der Waals surface area contributed by atoms with E-state index in [0.29, 0.717) is 0 Å². The van der Waals surface area contributed by atoms with Gasteiger partial charge >= 0.3 is 8.56 Å². The molecule has 6 saturated carbocycles. The molecule has 8 atom stereocenters. The van der Waals surface area contributed by atoms with Crippen molar-refractivity contribution in [1.29, 1.82) is 0 Å². The highest BCUT2D eigenvalue weighted by atomic mass is 28.4. The number of rotatable bonds is 21.